The quantitative estimate of drug-likeness (QED) is 0.815. The van der Waals surface area contributed by atoms with E-state index in [1.165, 1.54) is 23.1 Å². The van der Waals surface area contributed by atoms with Crippen LogP contribution in [0.15, 0.2) is 24.3 Å². The highest BCUT2D eigenvalue weighted by atomic mass is 19.4. The van der Waals surface area contributed by atoms with Crippen LogP contribution in [0.5, 0.6) is 0 Å². The number of alkyl halides is 3. The first-order valence-electron chi connectivity index (χ1n) is 7.45. The first-order valence-corrected chi connectivity index (χ1v) is 7.45. The number of rotatable bonds is 1. The molecule has 0 unspecified atom stereocenters. The van der Waals surface area contributed by atoms with Gasteiger partial charge < -0.3 is 20.3 Å². The van der Waals surface area contributed by atoms with Crippen molar-refractivity contribution in [3.05, 3.63) is 29.8 Å². The van der Waals surface area contributed by atoms with Gasteiger partial charge in [0.2, 0.25) is 5.91 Å². The lowest BCUT2D eigenvalue weighted by atomic mass is 10.1. The van der Waals surface area contributed by atoms with E-state index < -0.39 is 23.7 Å². The molecule has 0 saturated carbocycles. The standard InChI is InChI=1S/C15H16F3N3O3/c16-15(17,18)11-3-1-2-4-12(11)20-14(23)21-5-9-7-24-8-10(6-21)19-13(9)22/h1-4,9-10H,5-8H2,(H,19,22)(H,20,23)/t9-,10+/m1/s1. The number of halogens is 3. The Balaban J connectivity index is 1.77. The van der Waals surface area contributed by atoms with Crippen LogP contribution in [0, 0.1) is 5.92 Å². The summed E-state index contributed by atoms with van der Waals surface area (Å²) in [5.41, 5.74) is -1.22. The van der Waals surface area contributed by atoms with Crippen molar-refractivity contribution in [2.45, 2.75) is 12.2 Å². The van der Waals surface area contributed by atoms with E-state index in [0.717, 1.165) is 6.07 Å². The number of urea groups is 1. The number of carbonyl (C=O) groups is 2. The van der Waals surface area contributed by atoms with E-state index in [-0.39, 0.29) is 43.9 Å². The molecule has 2 atom stereocenters. The molecule has 24 heavy (non-hydrogen) atoms. The van der Waals surface area contributed by atoms with Gasteiger partial charge in [0.25, 0.3) is 0 Å². The van der Waals surface area contributed by atoms with Crippen molar-refractivity contribution >= 4 is 17.6 Å². The van der Waals surface area contributed by atoms with Crippen molar-refractivity contribution in [1.29, 1.82) is 0 Å². The molecule has 3 rings (SSSR count). The van der Waals surface area contributed by atoms with Crippen LogP contribution in [-0.4, -0.2) is 49.2 Å². The Morgan fingerprint density at radius 1 is 1.25 bits per heavy atom. The molecule has 6 nitrogen and oxygen atoms in total. The Morgan fingerprint density at radius 3 is 2.75 bits per heavy atom. The molecule has 1 aromatic rings. The molecule has 1 aromatic carbocycles. The minimum Gasteiger partial charge on any atom is -0.378 e. The van der Waals surface area contributed by atoms with Crippen LogP contribution in [0.25, 0.3) is 0 Å². The Labute approximate surface area is 135 Å². The summed E-state index contributed by atoms with van der Waals surface area (Å²) in [6.07, 6.45) is -4.56. The molecule has 0 spiro atoms. The molecule has 2 aliphatic rings. The van der Waals surface area contributed by atoms with E-state index in [0.29, 0.717) is 0 Å². The van der Waals surface area contributed by atoms with Gasteiger partial charge in [-0.1, -0.05) is 12.1 Å². The van der Waals surface area contributed by atoms with Gasteiger partial charge in [-0.15, -0.1) is 0 Å². The van der Waals surface area contributed by atoms with Gasteiger partial charge in [-0.05, 0) is 12.1 Å². The van der Waals surface area contributed by atoms with Crippen LogP contribution in [-0.2, 0) is 15.7 Å². The average molecular weight is 343 g/mol. The molecule has 0 aliphatic carbocycles. The second-order valence-corrected chi connectivity index (χ2v) is 5.82. The summed E-state index contributed by atoms with van der Waals surface area (Å²) in [5.74, 6) is -0.732. The number of para-hydroxylation sites is 1. The largest absolute Gasteiger partial charge is 0.418 e. The van der Waals surface area contributed by atoms with Crippen LogP contribution in [0.1, 0.15) is 5.56 Å². The Kier molecular flexibility index (Phi) is 4.35. The third-order valence-electron chi connectivity index (χ3n) is 4.00. The summed E-state index contributed by atoms with van der Waals surface area (Å²) in [6.45, 7) is 0.737. The number of hydrogen-bond acceptors (Lipinski definition) is 3. The maximum atomic E-state index is 13.0. The average Bonchev–Trinajstić information content (AvgIpc) is 2.75. The van der Waals surface area contributed by atoms with Crippen LogP contribution in [0.4, 0.5) is 23.7 Å². The predicted octanol–water partition coefficient (Wildman–Crippen LogP) is 1.68. The van der Waals surface area contributed by atoms with Gasteiger partial charge in [-0.2, -0.15) is 13.2 Å². The molecule has 2 heterocycles. The smallest absolute Gasteiger partial charge is 0.378 e. The highest BCUT2D eigenvalue weighted by Gasteiger charge is 2.37. The van der Waals surface area contributed by atoms with Gasteiger partial charge in [0.15, 0.2) is 0 Å². The summed E-state index contributed by atoms with van der Waals surface area (Å²) in [7, 11) is 0. The minimum atomic E-state index is -4.56. The number of amides is 3. The summed E-state index contributed by atoms with van der Waals surface area (Å²) < 4.78 is 44.4. The highest BCUT2D eigenvalue weighted by molar-refractivity contribution is 5.91. The lowest BCUT2D eigenvalue weighted by Crippen LogP contribution is -2.46. The second-order valence-electron chi connectivity index (χ2n) is 5.82. The fourth-order valence-corrected chi connectivity index (χ4v) is 2.83. The van der Waals surface area contributed by atoms with Crippen molar-refractivity contribution in [3.63, 3.8) is 0 Å². The van der Waals surface area contributed by atoms with E-state index in [4.69, 9.17) is 4.74 Å². The molecule has 2 fully saturated rings. The fourth-order valence-electron chi connectivity index (χ4n) is 2.83. The fraction of sp³-hybridized carbons (Fsp3) is 0.467. The molecular formula is C15H16F3N3O3. The zero-order valence-electron chi connectivity index (χ0n) is 12.6. The van der Waals surface area contributed by atoms with E-state index in [1.807, 2.05) is 0 Å². The summed E-state index contributed by atoms with van der Waals surface area (Å²) in [5, 5.41) is 5.07. The zero-order chi connectivity index (χ0) is 17.3. The number of carbonyl (C=O) groups excluding carboxylic acids is 2. The van der Waals surface area contributed by atoms with Gasteiger partial charge in [0, 0.05) is 13.1 Å². The number of benzene rings is 1. The first-order chi connectivity index (χ1) is 11.3. The Hall–Kier alpha value is -2.29. The van der Waals surface area contributed by atoms with Crippen molar-refractivity contribution in [2.75, 3.05) is 31.6 Å². The lowest BCUT2D eigenvalue weighted by Gasteiger charge is -2.28. The lowest BCUT2D eigenvalue weighted by molar-refractivity contribution is -0.137. The van der Waals surface area contributed by atoms with Gasteiger partial charge in [0.1, 0.15) is 0 Å². The third-order valence-corrected chi connectivity index (χ3v) is 4.00. The molecular weight excluding hydrogens is 327 g/mol. The second kappa shape index (κ2) is 6.31. The molecule has 2 bridgehead atoms. The van der Waals surface area contributed by atoms with Crippen molar-refractivity contribution in [2.24, 2.45) is 5.92 Å². The van der Waals surface area contributed by atoms with Gasteiger partial charge in [-0.25, -0.2) is 4.79 Å². The number of ether oxygens (including phenoxy) is 1. The molecule has 9 heteroatoms. The summed E-state index contributed by atoms with van der Waals surface area (Å²) in [4.78, 5) is 25.7. The predicted molar refractivity (Wildman–Crippen MR) is 78.3 cm³/mol. The number of hydrogen-bond donors (Lipinski definition) is 2. The van der Waals surface area contributed by atoms with Gasteiger partial charge >= 0.3 is 12.2 Å². The number of fused-ring (bicyclic) bond motifs is 3. The van der Waals surface area contributed by atoms with Crippen molar-refractivity contribution < 1.29 is 27.5 Å². The molecule has 130 valence electrons. The third kappa shape index (κ3) is 3.45. The molecule has 0 radical (unpaired) electrons. The van der Waals surface area contributed by atoms with Crippen LogP contribution < -0.4 is 10.6 Å². The Morgan fingerprint density at radius 2 is 2.00 bits per heavy atom. The molecule has 2 saturated heterocycles. The minimum absolute atomic E-state index is 0.0996. The van der Waals surface area contributed by atoms with Crippen LogP contribution in [0.2, 0.25) is 0 Å². The normalized spacial score (nSPS) is 24.1. The van der Waals surface area contributed by atoms with Gasteiger partial charge in [-0.3, -0.25) is 4.79 Å². The number of anilines is 1. The van der Waals surface area contributed by atoms with E-state index in [9.17, 15) is 22.8 Å². The van der Waals surface area contributed by atoms with E-state index in [2.05, 4.69) is 10.6 Å². The molecule has 3 amide bonds. The summed E-state index contributed by atoms with van der Waals surface area (Å²) in [6, 6.07) is 3.75. The van der Waals surface area contributed by atoms with Gasteiger partial charge in [0.05, 0.1) is 36.4 Å². The topological polar surface area (TPSA) is 70.7 Å². The molecule has 0 aromatic heterocycles. The first kappa shape index (κ1) is 16.6. The highest BCUT2D eigenvalue weighted by Crippen LogP contribution is 2.34. The number of nitrogens with zero attached hydrogens (tertiary/aromatic N) is 1. The summed E-state index contributed by atoms with van der Waals surface area (Å²) >= 11 is 0. The van der Waals surface area contributed by atoms with E-state index in [1.54, 1.807) is 0 Å². The molecule has 2 N–H and O–H groups in total. The van der Waals surface area contributed by atoms with Crippen molar-refractivity contribution in [3.8, 4) is 0 Å². The Bertz CT molecular complexity index is 650. The van der Waals surface area contributed by atoms with Crippen LogP contribution >= 0.6 is 0 Å². The van der Waals surface area contributed by atoms with E-state index >= 15 is 0 Å². The van der Waals surface area contributed by atoms with Crippen LogP contribution in [0.3, 0.4) is 0 Å². The SMILES string of the molecule is O=C1N[C@@H]2COC[C@H]1CN(C(=O)Nc1ccccc1C(F)(F)F)C2. The van der Waals surface area contributed by atoms with Crippen molar-refractivity contribution in [1.82, 2.24) is 10.2 Å². The maximum absolute atomic E-state index is 13.0. The monoisotopic (exact) mass is 343 g/mol. The maximum Gasteiger partial charge on any atom is 0.418 e. The molecule has 2 aliphatic heterocycles. The number of nitrogens with one attached hydrogen (secondary N) is 2. The zero-order valence-corrected chi connectivity index (χ0v) is 12.6.